The third kappa shape index (κ3) is 2.79. The minimum Gasteiger partial charge on any atom is -0.359 e. The fourth-order valence-electron chi connectivity index (χ4n) is 0.883. The van der Waals surface area contributed by atoms with Crippen LogP contribution in [0, 0.1) is 0 Å². The number of anilines is 1. The SMILES string of the molecule is CNCc1csc(NC(C)C)n1. The molecule has 68 valence electrons. The van der Waals surface area contributed by atoms with Gasteiger partial charge in [0.05, 0.1) is 5.69 Å². The van der Waals surface area contributed by atoms with Crippen LogP contribution in [0.2, 0.25) is 0 Å². The smallest absolute Gasteiger partial charge is 0.183 e. The first-order chi connectivity index (χ1) is 5.72. The summed E-state index contributed by atoms with van der Waals surface area (Å²) in [5.74, 6) is 0. The molecule has 1 aromatic heterocycles. The first-order valence-corrected chi connectivity index (χ1v) is 4.96. The highest BCUT2D eigenvalue weighted by Gasteiger charge is 2.01. The third-order valence-corrected chi connectivity index (χ3v) is 2.14. The molecule has 0 amide bonds. The molecule has 1 rings (SSSR count). The maximum atomic E-state index is 4.39. The van der Waals surface area contributed by atoms with Crippen molar-refractivity contribution >= 4 is 16.5 Å². The van der Waals surface area contributed by atoms with Gasteiger partial charge in [0.1, 0.15) is 0 Å². The van der Waals surface area contributed by atoms with Crippen molar-refractivity contribution in [3.05, 3.63) is 11.1 Å². The van der Waals surface area contributed by atoms with Gasteiger partial charge in [0.25, 0.3) is 0 Å². The van der Waals surface area contributed by atoms with Crippen molar-refractivity contribution < 1.29 is 0 Å². The van der Waals surface area contributed by atoms with Crippen LogP contribution < -0.4 is 10.6 Å². The van der Waals surface area contributed by atoms with Crippen molar-refractivity contribution in [2.75, 3.05) is 12.4 Å². The number of thiazole rings is 1. The molecule has 1 heterocycles. The second-order valence-corrected chi connectivity index (χ2v) is 3.83. The fourth-order valence-corrected chi connectivity index (χ4v) is 1.74. The summed E-state index contributed by atoms with van der Waals surface area (Å²) < 4.78 is 0. The Bertz CT molecular complexity index is 232. The van der Waals surface area contributed by atoms with E-state index in [0.29, 0.717) is 6.04 Å². The van der Waals surface area contributed by atoms with Gasteiger partial charge in [-0.1, -0.05) is 0 Å². The lowest BCUT2D eigenvalue weighted by Crippen LogP contribution is -2.10. The maximum Gasteiger partial charge on any atom is 0.183 e. The van der Waals surface area contributed by atoms with Gasteiger partial charge in [0, 0.05) is 18.0 Å². The van der Waals surface area contributed by atoms with Crippen molar-refractivity contribution in [1.29, 1.82) is 0 Å². The van der Waals surface area contributed by atoms with Crippen LogP contribution in [0.4, 0.5) is 5.13 Å². The van der Waals surface area contributed by atoms with Crippen molar-refractivity contribution in [3.63, 3.8) is 0 Å². The van der Waals surface area contributed by atoms with Gasteiger partial charge < -0.3 is 10.6 Å². The van der Waals surface area contributed by atoms with Gasteiger partial charge in [-0.2, -0.15) is 0 Å². The average molecular weight is 185 g/mol. The molecule has 0 saturated carbocycles. The van der Waals surface area contributed by atoms with E-state index in [1.165, 1.54) is 0 Å². The summed E-state index contributed by atoms with van der Waals surface area (Å²) >= 11 is 1.66. The molecule has 0 spiro atoms. The van der Waals surface area contributed by atoms with Crippen LogP contribution in [0.25, 0.3) is 0 Å². The summed E-state index contributed by atoms with van der Waals surface area (Å²) in [6, 6.07) is 0.457. The Morgan fingerprint density at radius 2 is 2.33 bits per heavy atom. The summed E-state index contributed by atoms with van der Waals surface area (Å²) in [7, 11) is 1.93. The van der Waals surface area contributed by atoms with Gasteiger partial charge in [0.15, 0.2) is 5.13 Å². The van der Waals surface area contributed by atoms with Crippen LogP contribution in [0.5, 0.6) is 0 Å². The van der Waals surface area contributed by atoms with E-state index in [4.69, 9.17) is 0 Å². The second kappa shape index (κ2) is 4.42. The van der Waals surface area contributed by atoms with Gasteiger partial charge >= 0.3 is 0 Å². The quantitative estimate of drug-likeness (QED) is 0.749. The molecule has 0 radical (unpaired) electrons. The topological polar surface area (TPSA) is 37.0 Å². The fraction of sp³-hybridized carbons (Fsp3) is 0.625. The Hall–Kier alpha value is -0.610. The lowest BCUT2D eigenvalue weighted by atomic mass is 10.4. The van der Waals surface area contributed by atoms with Crippen molar-refractivity contribution in [2.45, 2.75) is 26.4 Å². The molecule has 0 aliphatic rings. The van der Waals surface area contributed by atoms with Crippen LogP contribution in [-0.2, 0) is 6.54 Å². The standard InChI is InChI=1S/C8H15N3S/c1-6(2)10-8-11-7(4-9-3)5-12-8/h5-6,9H,4H2,1-3H3,(H,10,11). The number of hydrogen-bond acceptors (Lipinski definition) is 4. The Morgan fingerprint density at radius 3 is 2.92 bits per heavy atom. The predicted molar refractivity (Wildman–Crippen MR) is 53.6 cm³/mol. The first-order valence-electron chi connectivity index (χ1n) is 4.08. The first kappa shape index (κ1) is 9.48. The van der Waals surface area contributed by atoms with Gasteiger partial charge in [0.2, 0.25) is 0 Å². The van der Waals surface area contributed by atoms with Crippen LogP contribution in [0.15, 0.2) is 5.38 Å². The molecular formula is C8H15N3S. The molecule has 0 atom stereocenters. The molecule has 0 unspecified atom stereocenters. The van der Waals surface area contributed by atoms with Crippen molar-refractivity contribution in [2.24, 2.45) is 0 Å². The maximum absolute atomic E-state index is 4.39. The Balaban J connectivity index is 2.52. The molecule has 3 nitrogen and oxygen atoms in total. The van der Waals surface area contributed by atoms with Crippen LogP contribution in [-0.4, -0.2) is 18.1 Å². The zero-order chi connectivity index (χ0) is 8.97. The van der Waals surface area contributed by atoms with Crippen molar-refractivity contribution in [1.82, 2.24) is 10.3 Å². The van der Waals surface area contributed by atoms with Gasteiger partial charge in [-0.15, -0.1) is 11.3 Å². The van der Waals surface area contributed by atoms with Gasteiger partial charge in [-0.3, -0.25) is 0 Å². The Labute approximate surface area is 77.2 Å². The zero-order valence-corrected chi connectivity index (χ0v) is 8.53. The molecule has 0 aromatic carbocycles. The predicted octanol–water partition coefficient (Wildman–Crippen LogP) is 1.68. The number of rotatable bonds is 4. The summed E-state index contributed by atoms with van der Waals surface area (Å²) in [6.07, 6.45) is 0. The van der Waals surface area contributed by atoms with E-state index in [1.807, 2.05) is 7.05 Å². The third-order valence-electron chi connectivity index (χ3n) is 1.32. The van der Waals surface area contributed by atoms with E-state index >= 15 is 0 Å². The molecule has 0 aliphatic carbocycles. The van der Waals surface area contributed by atoms with Gasteiger partial charge in [-0.25, -0.2) is 4.98 Å². The minimum absolute atomic E-state index is 0.457. The Morgan fingerprint density at radius 1 is 1.58 bits per heavy atom. The molecule has 0 fully saturated rings. The van der Waals surface area contributed by atoms with Gasteiger partial charge in [-0.05, 0) is 20.9 Å². The number of aromatic nitrogens is 1. The lowest BCUT2D eigenvalue weighted by Gasteiger charge is -2.04. The molecule has 0 aliphatic heterocycles. The van der Waals surface area contributed by atoms with E-state index in [0.717, 1.165) is 17.4 Å². The molecule has 1 aromatic rings. The summed E-state index contributed by atoms with van der Waals surface area (Å²) in [5.41, 5.74) is 1.10. The number of nitrogens with one attached hydrogen (secondary N) is 2. The van der Waals surface area contributed by atoms with Crippen molar-refractivity contribution in [3.8, 4) is 0 Å². The molecule has 0 saturated heterocycles. The van der Waals surface area contributed by atoms with Crippen LogP contribution in [0.3, 0.4) is 0 Å². The lowest BCUT2D eigenvalue weighted by molar-refractivity contribution is 0.795. The molecule has 0 bridgehead atoms. The monoisotopic (exact) mass is 185 g/mol. The van der Waals surface area contributed by atoms with E-state index in [1.54, 1.807) is 11.3 Å². The van der Waals surface area contributed by atoms with E-state index in [9.17, 15) is 0 Å². The average Bonchev–Trinajstić information content (AvgIpc) is 2.36. The molecule has 2 N–H and O–H groups in total. The molecule has 12 heavy (non-hydrogen) atoms. The second-order valence-electron chi connectivity index (χ2n) is 2.97. The molecule has 4 heteroatoms. The van der Waals surface area contributed by atoms with Crippen LogP contribution >= 0.6 is 11.3 Å². The highest BCUT2D eigenvalue weighted by Crippen LogP contribution is 2.15. The highest BCUT2D eigenvalue weighted by molar-refractivity contribution is 7.13. The summed E-state index contributed by atoms with van der Waals surface area (Å²) in [4.78, 5) is 4.39. The summed E-state index contributed by atoms with van der Waals surface area (Å²) in [5, 5.41) is 9.41. The van der Waals surface area contributed by atoms with E-state index < -0.39 is 0 Å². The summed E-state index contributed by atoms with van der Waals surface area (Å²) in [6.45, 7) is 5.06. The van der Waals surface area contributed by atoms with Crippen LogP contribution in [0.1, 0.15) is 19.5 Å². The number of hydrogen-bond donors (Lipinski definition) is 2. The highest BCUT2D eigenvalue weighted by atomic mass is 32.1. The Kier molecular flexibility index (Phi) is 3.49. The molecular weight excluding hydrogens is 170 g/mol. The largest absolute Gasteiger partial charge is 0.359 e. The van der Waals surface area contributed by atoms with E-state index in [2.05, 4.69) is 34.8 Å². The number of nitrogens with zero attached hydrogens (tertiary/aromatic N) is 1. The minimum atomic E-state index is 0.457. The zero-order valence-electron chi connectivity index (χ0n) is 7.72. The normalized spacial score (nSPS) is 10.7. The van der Waals surface area contributed by atoms with E-state index in [-0.39, 0.29) is 0 Å².